The number of benzene rings is 2. The second kappa shape index (κ2) is 8.64. The average molecular weight is 397 g/mol. The highest BCUT2D eigenvalue weighted by Crippen LogP contribution is 2.38. The van der Waals surface area contributed by atoms with E-state index in [2.05, 4.69) is 15.5 Å². The minimum Gasteiger partial charge on any atom is -0.493 e. The van der Waals surface area contributed by atoms with Gasteiger partial charge in [0.1, 0.15) is 6.04 Å². The molecule has 8 heteroatoms. The normalized spacial score (nSPS) is 11.6. The lowest BCUT2D eigenvalue weighted by atomic mass is 10.1. The summed E-state index contributed by atoms with van der Waals surface area (Å²) >= 11 is 0. The van der Waals surface area contributed by atoms with Crippen molar-refractivity contribution in [3.63, 3.8) is 0 Å². The van der Waals surface area contributed by atoms with E-state index in [1.807, 2.05) is 31.2 Å². The Morgan fingerprint density at radius 3 is 2.21 bits per heavy atom. The molecule has 29 heavy (non-hydrogen) atoms. The van der Waals surface area contributed by atoms with Crippen molar-refractivity contribution < 1.29 is 23.5 Å². The van der Waals surface area contributed by atoms with Crippen molar-refractivity contribution in [1.82, 2.24) is 15.5 Å². The SMILES string of the molecule is COc1cc(C(=O)N[C@@H](C)c2nc(-c3ccc(C)cc3)no2)cc(OC)c1OC. The molecule has 0 aliphatic carbocycles. The van der Waals surface area contributed by atoms with Gasteiger partial charge in [0.15, 0.2) is 11.5 Å². The van der Waals surface area contributed by atoms with Gasteiger partial charge in [-0.1, -0.05) is 35.0 Å². The van der Waals surface area contributed by atoms with Gasteiger partial charge in [0.05, 0.1) is 21.3 Å². The fraction of sp³-hybridized carbons (Fsp3) is 0.286. The van der Waals surface area contributed by atoms with E-state index in [0.717, 1.165) is 11.1 Å². The van der Waals surface area contributed by atoms with Gasteiger partial charge in [-0.15, -0.1) is 0 Å². The van der Waals surface area contributed by atoms with Crippen LogP contribution in [0.5, 0.6) is 17.2 Å². The Labute approximate surface area is 168 Å². The van der Waals surface area contributed by atoms with Crippen LogP contribution >= 0.6 is 0 Å². The molecule has 0 fully saturated rings. The maximum atomic E-state index is 12.7. The summed E-state index contributed by atoms with van der Waals surface area (Å²) in [4.78, 5) is 17.1. The summed E-state index contributed by atoms with van der Waals surface area (Å²) < 4.78 is 21.2. The standard InChI is InChI=1S/C21H23N3O5/c1-12-6-8-14(9-7-12)19-23-21(29-24-19)13(2)22-20(25)15-10-16(26-3)18(28-5)17(11-15)27-4/h6-11,13H,1-5H3,(H,22,25)/t13-/m0/s1. The van der Waals surface area contributed by atoms with Crippen LogP contribution in [0.3, 0.4) is 0 Å². The summed E-state index contributed by atoms with van der Waals surface area (Å²) in [5, 5.41) is 6.84. The highest BCUT2D eigenvalue weighted by molar-refractivity contribution is 5.95. The summed E-state index contributed by atoms with van der Waals surface area (Å²) in [6.45, 7) is 3.77. The Hall–Kier alpha value is -3.55. The Bertz CT molecular complexity index is 973. The van der Waals surface area contributed by atoms with Crippen molar-refractivity contribution in [2.45, 2.75) is 19.9 Å². The smallest absolute Gasteiger partial charge is 0.252 e. The Balaban J connectivity index is 1.78. The van der Waals surface area contributed by atoms with E-state index in [0.29, 0.717) is 34.5 Å². The third kappa shape index (κ3) is 4.31. The topological polar surface area (TPSA) is 95.7 Å². The maximum absolute atomic E-state index is 12.7. The van der Waals surface area contributed by atoms with Crippen LogP contribution in [-0.2, 0) is 0 Å². The molecule has 0 spiro atoms. The van der Waals surface area contributed by atoms with Gasteiger partial charge in [-0.2, -0.15) is 4.98 Å². The van der Waals surface area contributed by atoms with Crippen molar-refractivity contribution in [3.8, 4) is 28.6 Å². The van der Waals surface area contributed by atoms with E-state index < -0.39 is 6.04 Å². The van der Waals surface area contributed by atoms with Crippen LogP contribution in [0.1, 0.15) is 34.8 Å². The van der Waals surface area contributed by atoms with Crippen molar-refractivity contribution in [1.29, 1.82) is 0 Å². The molecule has 0 saturated carbocycles. The molecule has 0 radical (unpaired) electrons. The monoisotopic (exact) mass is 397 g/mol. The third-order valence-electron chi connectivity index (χ3n) is 4.40. The molecule has 152 valence electrons. The first-order valence-corrected chi connectivity index (χ1v) is 8.98. The molecule has 8 nitrogen and oxygen atoms in total. The lowest BCUT2D eigenvalue weighted by Gasteiger charge is -2.15. The van der Waals surface area contributed by atoms with E-state index in [9.17, 15) is 4.79 Å². The second-order valence-electron chi connectivity index (χ2n) is 6.43. The molecule has 0 saturated heterocycles. The quantitative estimate of drug-likeness (QED) is 0.651. The van der Waals surface area contributed by atoms with Gasteiger partial charge < -0.3 is 24.1 Å². The molecule has 0 aliphatic rings. The van der Waals surface area contributed by atoms with Crippen molar-refractivity contribution >= 4 is 5.91 Å². The van der Waals surface area contributed by atoms with Gasteiger partial charge in [0.25, 0.3) is 5.91 Å². The molecule has 1 heterocycles. The number of nitrogens with one attached hydrogen (secondary N) is 1. The number of carbonyl (C=O) groups is 1. The lowest BCUT2D eigenvalue weighted by Crippen LogP contribution is -2.27. The molecule has 1 aromatic heterocycles. The van der Waals surface area contributed by atoms with Crippen LogP contribution in [0.15, 0.2) is 40.9 Å². The number of methoxy groups -OCH3 is 3. The zero-order valence-corrected chi connectivity index (χ0v) is 17.0. The molecule has 3 rings (SSSR count). The predicted octanol–water partition coefficient (Wildman–Crippen LogP) is 3.56. The number of hydrogen-bond donors (Lipinski definition) is 1. The number of aryl methyl sites for hydroxylation is 1. The number of carbonyl (C=O) groups excluding carboxylic acids is 1. The number of aromatic nitrogens is 2. The first-order chi connectivity index (χ1) is 14.0. The molecular weight excluding hydrogens is 374 g/mol. The third-order valence-corrected chi connectivity index (χ3v) is 4.40. The molecule has 0 bridgehead atoms. The van der Waals surface area contributed by atoms with Gasteiger partial charge in [-0.25, -0.2) is 0 Å². The van der Waals surface area contributed by atoms with E-state index >= 15 is 0 Å². The van der Waals surface area contributed by atoms with Crippen molar-refractivity contribution in [3.05, 3.63) is 53.4 Å². The number of ether oxygens (including phenoxy) is 3. The maximum Gasteiger partial charge on any atom is 0.252 e. The molecule has 3 aromatic rings. The largest absolute Gasteiger partial charge is 0.493 e. The van der Waals surface area contributed by atoms with Crippen LogP contribution in [0, 0.1) is 6.92 Å². The molecule has 0 aliphatic heterocycles. The molecule has 1 amide bonds. The number of amides is 1. The summed E-state index contributed by atoms with van der Waals surface area (Å²) in [5.74, 6) is 1.63. The second-order valence-corrected chi connectivity index (χ2v) is 6.43. The zero-order chi connectivity index (χ0) is 21.0. The summed E-state index contributed by atoms with van der Waals surface area (Å²) in [5.41, 5.74) is 2.34. The Kier molecular flexibility index (Phi) is 6.01. The average Bonchev–Trinajstić information content (AvgIpc) is 3.23. The van der Waals surface area contributed by atoms with E-state index in [1.54, 1.807) is 19.1 Å². The Morgan fingerprint density at radius 2 is 1.66 bits per heavy atom. The van der Waals surface area contributed by atoms with E-state index in [-0.39, 0.29) is 5.91 Å². The fourth-order valence-corrected chi connectivity index (χ4v) is 2.78. The zero-order valence-electron chi connectivity index (χ0n) is 17.0. The molecule has 2 aromatic carbocycles. The van der Waals surface area contributed by atoms with E-state index in [4.69, 9.17) is 18.7 Å². The summed E-state index contributed by atoms with van der Waals surface area (Å²) in [6.07, 6.45) is 0. The minimum absolute atomic E-state index is 0.307. The Morgan fingerprint density at radius 1 is 1.03 bits per heavy atom. The number of rotatable bonds is 7. The summed E-state index contributed by atoms with van der Waals surface area (Å²) in [7, 11) is 4.49. The van der Waals surface area contributed by atoms with Gasteiger partial charge in [-0.05, 0) is 26.0 Å². The van der Waals surface area contributed by atoms with Gasteiger partial charge in [-0.3, -0.25) is 4.79 Å². The highest BCUT2D eigenvalue weighted by atomic mass is 16.5. The molecule has 0 unspecified atom stereocenters. The first kappa shape index (κ1) is 20.2. The molecular formula is C21H23N3O5. The first-order valence-electron chi connectivity index (χ1n) is 8.98. The van der Waals surface area contributed by atoms with Crippen molar-refractivity contribution in [2.75, 3.05) is 21.3 Å². The highest BCUT2D eigenvalue weighted by Gasteiger charge is 2.21. The minimum atomic E-state index is -0.492. The van der Waals surface area contributed by atoms with Crippen LogP contribution < -0.4 is 19.5 Å². The van der Waals surface area contributed by atoms with Crippen LogP contribution in [0.4, 0.5) is 0 Å². The van der Waals surface area contributed by atoms with Crippen molar-refractivity contribution in [2.24, 2.45) is 0 Å². The fourth-order valence-electron chi connectivity index (χ4n) is 2.78. The van der Waals surface area contributed by atoms with Crippen LogP contribution in [0.25, 0.3) is 11.4 Å². The predicted molar refractivity (Wildman–Crippen MR) is 106 cm³/mol. The lowest BCUT2D eigenvalue weighted by molar-refractivity contribution is 0.0931. The molecule has 1 atom stereocenters. The summed E-state index contributed by atoms with van der Waals surface area (Å²) in [6, 6.07) is 10.5. The van der Waals surface area contributed by atoms with Gasteiger partial charge in [0.2, 0.25) is 17.5 Å². The number of hydrogen-bond acceptors (Lipinski definition) is 7. The van der Waals surface area contributed by atoms with Gasteiger partial charge in [0, 0.05) is 11.1 Å². The molecule has 1 N–H and O–H groups in total. The van der Waals surface area contributed by atoms with Gasteiger partial charge >= 0.3 is 0 Å². The van der Waals surface area contributed by atoms with Crippen LogP contribution in [0.2, 0.25) is 0 Å². The van der Waals surface area contributed by atoms with E-state index in [1.165, 1.54) is 21.3 Å². The number of nitrogens with zero attached hydrogens (tertiary/aromatic N) is 2. The van der Waals surface area contributed by atoms with Crippen LogP contribution in [-0.4, -0.2) is 37.4 Å².